The zero-order chi connectivity index (χ0) is 29.5. The lowest BCUT2D eigenvalue weighted by atomic mass is 10.1. The molecule has 0 bridgehead atoms. The molecule has 0 aromatic heterocycles. The van der Waals surface area contributed by atoms with Gasteiger partial charge in [0, 0.05) is 22.3 Å². The SMILES string of the molecule is CCOC(=O)c1ccc(N2C(=O)[C@H](CC(=O)Nc3ccc(OCC)cc3)N(CCc3ccc(Cl)cc3Cl)C2=S)cc1. The molecular formula is C30H29Cl2N3O5S. The fraction of sp³-hybridized carbons (Fsp3) is 0.267. The molecule has 4 rings (SSSR count). The van der Waals surface area contributed by atoms with Crippen LogP contribution in [0.3, 0.4) is 0 Å². The van der Waals surface area contributed by atoms with Crippen LogP contribution in [-0.4, -0.2) is 53.6 Å². The van der Waals surface area contributed by atoms with E-state index in [-0.39, 0.29) is 30.0 Å². The Balaban J connectivity index is 1.55. The Morgan fingerprint density at radius 2 is 1.68 bits per heavy atom. The Morgan fingerprint density at radius 3 is 2.32 bits per heavy atom. The standard InChI is InChI=1S/C30H29Cl2N3O5S/c1-3-39-24-13-9-22(10-14-24)33-27(36)18-26-28(37)35(23-11-6-20(7-12-23)29(38)40-4-2)30(41)34(26)16-15-19-5-8-21(31)17-25(19)32/h5-14,17,26H,3-4,15-16,18H2,1-2H3,(H,33,36)/t26-/m0/s1. The minimum absolute atomic E-state index is 0.127. The van der Waals surface area contributed by atoms with E-state index >= 15 is 0 Å². The van der Waals surface area contributed by atoms with Crippen LogP contribution in [0.15, 0.2) is 66.7 Å². The van der Waals surface area contributed by atoms with Gasteiger partial charge < -0.3 is 19.7 Å². The van der Waals surface area contributed by atoms with E-state index in [0.29, 0.717) is 52.3 Å². The van der Waals surface area contributed by atoms with Crippen LogP contribution in [0.2, 0.25) is 10.0 Å². The average molecular weight is 615 g/mol. The lowest BCUT2D eigenvalue weighted by Gasteiger charge is -2.24. The van der Waals surface area contributed by atoms with Gasteiger partial charge in [-0.15, -0.1) is 0 Å². The number of nitrogens with one attached hydrogen (secondary N) is 1. The second-order valence-electron chi connectivity index (χ2n) is 9.13. The van der Waals surface area contributed by atoms with Gasteiger partial charge in [-0.3, -0.25) is 14.5 Å². The summed E-state index contributed by atoms with van der Waals surface area (Å²) in [5.41, 5.74) is 2.25. The Morgan fingerprint density at radius 1 is 0.976 bits per heavy atom. The summed E-state index contributed by atoms with van der Waals surface area (Å²) in [6.07, 6.45) is 0.341. The van der Waals surface area contributed by atoms with E-state index in [9.17, 15) is 14.4 Å². The monoisotopic (exact) mass is 613 g/mol. The van der Waals surface area contributed by atoms with Crippen LogP contribution >= 0.6 is 35.4 Å². The number of benzene rings is 3. The number of ether oxygens (including phenoxy) is 2. The second kappa shape index (κ2) is 13.8. The average Bonchev–Trinajstić information content (AvgIpc) is 3.17. The summed E-state index contributed by atoms with van der Waals surface area (Å²) in [4.78, 5) is 42.1. The number of carbonyl (C=O) groups excluding carboxylic acids is 3. The number of rotatable bonds is 11. The number of anilines is 2. The lowest BCUT2D eigenvalue weighted by Crippen LogP contribution is -2.39. The highest BCUT2D eigenvalue weighted by atomic mass is 35.5. The Bertz CT molecular complexity index is 1430. The molecule has 0 unspecified atom stereocenters. The smallest absolute Gasteiger partial charge is 0.338 e. The largest absolute Gasteiger partial charge is 0.494 e. The molecule has 1 heterocycles. The predicted octanol–water partition coefficient (Wildman–Crippen LogP) is 6.14. The normalized spacial score (nSPS) is 14.8. The Labute approximate surface area is 254 Å². The molecule has 0 aliphatic carbocycles. The van der Waals surface area contributed by atoms with E-state index in [2.05, 4.69) is 5.32 Å². The van der Waals surface area contributed by atoms with Crippen LogP contribution in [0.1, 0.15) is 36.2 Å². The summed E-state index contributed by atoms with van der Waals surface area (Å²) >= 11 is 18.2. The van der Waals surface area contributed by atoms with Gasteiger partial charge in [0.2, 0.25) is 5.91 Å². The number of thiocarbonyl (C=S) groups is 1. The van der Waals surface area contributed by atoms with Crippen LogP contribution < -0.4 is 15.0 Å². The Kier molecular flexibility index (Phi) is 10.2. The highest BCUT2D eigenvalue weighted by Crippen LogP contribution is 2.29. The number of esters is 1. The van der Waals surface area contributed by atoms with Crippen molar-refractivity contribution in [3.63, 3.8) is 0 Å². The molecule has 2 amide bonds. The molecule has 11 heteroatoms. The first-order valence-corrected chi connectivity index (χ1v) is 14.3. The minimum Gasteiger partial charge on any atom is -0.494 e. The molecule has 0 saturated carbocycles. The maximum absolute atomic E-state index is 13.7. The predicted molar refractivity (Wildman–Crippen MR) is 164 cm³/mol. The number of carbonyl (C=O) groups is 3. The summed E-state index contributed by atoms with van der Waals surface area (Å²) in [6.45, 7) is 4.75. The molecule has 214 valence electrons. The van der Waals surface area contributed by atoms with Gasteiger partial charge >= 0.3 is 5.97 Å². The second-order valence-corrected chi connectivity index (χ2v) is 10.3. The molecule has 3 aromatic rings. The zero-order valence-electron chi connectivity index (χ0n) is 22.6. The van der Waals surface area contributed by atoms with Crippen molar-refractivity contribution < 1.29 is 23.9 Å². The number of nitrogens with zero attached hydrogens (tertiary/aromatic N) is 2. The topological polar surface area (TPSA) is 88.2 Å². The van der Waals surface area contributed by atoms with Crippen molar-refractivity contribution in [3.8, 4) is 5.75 Å². The third-order valence-electron chi connectivity index (χ3n) is 6.42. The van der Waals surface area contributed by atoms with Crippen molar-refractivity contribution in [1.29, 1.82) is 0 Å². The van der Waals surface area contributed by atoms with E-state index in [1.165, 1.54) is 4.90 Å². The fourth-order valence-electron chi connectivity index (χ4n) is 4.44. The van der Waals surface area contributed by atoms with E-state index < -0.39 is 12.0 Å². The highest BCUT2D eigenvalue weighted by molar-refractivity contribution is 7.80. The van der Waals surface area contributed by atoms with E-state index in [1.54, 1.807) is 72.5 Å². The fourth-order valence-corrected chi connectivity index (χ4v) is 5.36. The molecule has 1 saturated heterocycles. The first-order chi connectivity index (χ1) is 19.7. The number of hydrogen-bond acceptors (Lipinski definition) is 6. The van der Waals surface area contributed by atoms with E-state index in [1.807, 2.05) is 13.0 Å². The van der Waals surface area contributed by atoms with Gasteiger partial charge in [0.15, 0.2) is 5.11 Å². The summed E-state index contributed by atoms with van der Waals surface area (Å²) in [5.74, 6) is -0.453. The van der Waals surface area contributed by atoms with Crippen LogP contribution in [0, 0.1) is 0 Å². The van der Waals surface area contributed by atoms with Gasteiger partial charge in [-0.25, -0.2) is 4.79 Å². The van der Waals surface area contributed by atoms with Crippen molar-refractivity contribution in [2.24, 2.45) is 0 Å². The van der Waals surface area contributed by atoms with Crippen molar-refractivity contribution in [1.82, 2.24) is 4.90 Å². The molecule has 3 aromatic carbocycles. The van der Waals surface area contributed by atoms with Gasteiger partial charge in [0.25, 0.3) is 5.91 Å². The lowest BCUT2D eigenvalue weighted by molar-refractivity contribution is -0.124. The van der Waals surface area contributed by atoms with Crippen molar-refractivity contribution in [2.45, 2.75) is 32.7 Å². The van der Waals surface area contributed by atoms with Crippen molar-refractivity contribution in [2.75, 3.05) is 30.0 Å². The molecule has 41 heavy (non-hydrogen) atoms. The third-order valence-corrected chi connectivity index (χ3v) is 7.42. The van der Waals surface area contributed by atoms with E-state index in [0.717, 1.165) is 5.56 Å². The number of halogens is 2. The third kappa shape index (κ3) is 7.35. The maximum Gasteiger partial charge on any atom is 0.338 e. The van der Waals surface area contributed by atoms with Gasteiger partial charge in [-0.05, 0) is 98.7 Å². The van der Waals surface area contributed by atoms with Crippen molar-refractivity contribution >= 4 is 69.7 Å². The number of amides is 2. The van der Waals surface area contributed by atoms with Crippen molar-refractivity contribution in [3.05, 3.63) is 87.9 Å². The molecule has 1 aliphatic heterocycles. The van der Waals surface area contributed by atoms with E-state index in [4.69, 9.17) is 44.9 Å². The molecule has 0 spiro atoms. The summed E-state index contributed by atoms with van der Waals surface area (Å²) in [5, 5.41) is 4.13. The van der Waals surface area contributed by atoms with Gasteiger partial charge in [-0.1, -0.05) is 29.3 Å². The summed E-state index contributed by atoms with van der Waals surface area (Å²) in [6, 6.07) is 17.8. The van der Waals surface area contributed by atoms with Crippen LogP contribution in [0.4, 0.5) is 11.4 Å². The zero-order valence-corrected chi connectivity index (χ0v) is 24.9. The van der Waals surface area contributed by atoms with Crippen LogP contribution in [0.25, 0.3) is 0 Å². The first-order valence-electron chi connectivity index (χ1n) is 13.1. The highest BCUT2D eigenvalue weighted by Gasteiger charge is 2.44. The first kappa shape index (κ1) is 30.3. The van der Waals surface area contributed by atoms with Gasteiger partial charge in [0.05, 0.1) is 30.9 Å². The molecule has 1 atom stereocenters. The molecule has 1 aliphatic rings. The Hall–Kier alpha value is -3.66. The van der Waals surface area contributed by atoms with Crippen LogP contribution in [0.5, 0.6) is 5.75 Å². The molecule has 0 radical (unpaired) electrons. The molecule has 1 fully saturated rings. The quantitative estimate of drug-likeness (QED) is 0.205. The molecule has 1 N–H and O–H groups in total. The maximum atomic E-state index is 13.7. The van der Waals surface area contributed by atoms with Crippen LogP contribution in [-0.2, 0) is 20.7 Å². The summed E-state index contributed by atoms with van der Waals surface area (Å²) < 4.78 is 10.5. The van der Waals surface area contributed by atoms with Gasteiger partial charge in [-0.2, -0.15) is 0 Å². The molecule has 8 nitrogen and oxygen atoms in total. The summed E-state index contributed by atoms with van der Waals surface area (Å²) in [7, 11) is 0. The minimum atomic E-state index is -0.846. The number of hydrogen-bond donors (Lipinski definition) is 1. The van der Waals surface area contributed by atoms with Gasteiger partial charge in [0.1, 0.15) is 11.8 Å². The molecular weight excluding hydrogens is 585 g/mol.